The molecule has 10 rings (SSSR count). The van der Waals surface area contributed by atoms with Gasteiger partial charge in [0, 0.05) is 50.2 Å². The summed E-state index contributed by atoms with van der Waals surface area (Å²) in [6.45, 7) is 35.2. The molecule has 2 aliphatic heterocycles. The standard InChI is InChI=1S/C55H65BN2O2/c1-32-28-40-45-41(29-32)58(36-22-18-34(19-23-36)51(5,6)7)49-46(44-48(60-49)55(14,15)27-25-53(44,10)11)56(45)38-31-42-37(43-47(59-42)54(12,13)26-24-52(43,8)9)30-39(38)57(40)35-20-16-33(17-21-35)50(2,3)4/h16-23,28-31H,24-27H2,1-15H3. The van der Waals surface area contributed by atoms with Crippen molar-refractivity contribution in [2.24, 2.45) is 0 Å². The van der Waals surface area contributed by atoms with E-state index in [2.05, 4.69) is 186 Å². The average Bonchev–Trinajstić information content (AvgIpc) is 3.76. The molecule has 2 aromatic heterocycles. The van der Waals surface area contributed by atoms with Crippen molar-refractivity contribution in [3.05, 3.63) is 112 Å². The Morgan fingerprint density at radius 2 is 0.983 bits per heavy atom. The highest BCUT2D eigenvalue weighted by Crippen LogP contribution is 2.55. The van der Waals surface area contributed by atoms with Crippen molar-refractivity contribution >= 4 is 68.4 Å². The first kappa shape index (κ1) is 39.5. The Kier molecular flexibility index (Phi) is 8.07. The van der Waals surface area contributed by atoms with Gasteiger partial charge in [-0.1, -0.05) is 121 Å². The number of benzene rings is 4. The van der Waals surface area contributed by atoms with Gasteiger partial charge in [-0.05, 0) is 141 Å². The lowest BCUT2D eigenvalue weighted by molar-refractivity contribution is 0.280. The van der Waals surface area contributed by atoms with Gasteiger partial charge in [0.05, 0.1) is 0 Å². The second kappa shape index (κ2) is 12.3. The van der Waals surface area contributed by atoms with Crippen LogP contribution >= 0.6 is 0 Å². The molecule has 4 heterocycles. The van der Waals surface area contributed by atoms with E-state index in [0.717, 1.165) is 54.4 Å². The summed E-state index contributed by atoms with van der Waals surface area (Å²) >= 11 is 0. The summed E-state index contributed by atoms with van der Waals surface area (Å²) in [5.74, 6) is 3.27. The zero-order valence-electron chi connectivity index (χ0n) is 39.0. The van der Waals surface area contributed by atoms with Crippen LogP contribution in [-0.4, -0.2) is 6.71 Å². The molecule has 0 saturated heterocycles. The van der Waals surface area contributed by atoms with E-state index < -0.39 is 0 Å². The van der Waals surface area contributed by atoms with Gasteiger partial charge in [-0.15, -0.1) is 0 Å². The van der Waals surface area contributed by atoms with Gasteiger partial charge in [0.15, 0.2) is 5.88 Å². The maximum Gasteiger partial charge on any atom is 0.257 e. The largest absolute Gasteiger partial charge is 0.460 e. The third-order valence-corrected chi connectivity index (χ3v) is 15.2. The SMILES string of the molecule is Cc1cc2c3c(c1)N(c1ccc(C(C)(C)C)cc1)c1oc4c(c1B3c1cc3oc5c(c3cc1N2c1ccc(C(C)(C)C)cc1)C(C)(C)CCC5(C)C)C(C)(C)CCC4(C)C. The number of hydrogen-bond acceptors (Lipinski definition) is 4. The molecule has 0 saturated carbocycles. The third kappa shape index (κ3) is 5.62. The molecule has 0 N–H and O–H groups in total. The quantitative estimate of drug-likeness (QED) is 0.163. The molecule has 0 atom stereocenters. The lowest BCUT2D eigenvalue weighted by Crippen LogP contribution is -2.62. The van der Waals surface area contributed by atoms with E-state index in [1.54, 1.807) is 0 Å². The van der Waals surface area contributed by atoms with Gasteiger partial charge < -0.3 is 13.7 Å². The molecule has 0 amide bonds. The molecule has 0 radical (unpaired) electrons. The van der Waals surface area contributed by atoms with Gasteiger partial charge in [-0.3, -0.25) is 4.90 Å². The maximum absolute atomic E-state index is 7.51. The lowest BCUT2D eigenvalue weighted by atomic mass is 9.32. The molecule has 4 aromatic carbocycles. The summed E-state index contributed by atoms with van der Waals surface area (Å²) in [6, 6.07) is 28.5. The fraction of sp³-hybridized carbons (Fsp3) is 0.455. The van der Waals surface area contributed by atoms with Crippen molar-refractivity contribution in [2.75, 3.05) is 9.80 Å². The van der Waals surface area contributed by atoms with Crippen LogP contribution in [0.1, 0.15) is 162 Å². The molecule has 5 heteroatoms. The zero-order valence-corrected chi connectivity index (χ0v) is 39.0. The first-order valence-electron chi connectivity index (χ1n) is 22.6. The fourth-order valence-electron chi connectivity index (χ4n) is 11.3. The van der Waals surface area contributed by atoms with Crippen molar-refractivity contribution in [1.82, 2.24) is 0 Å². The number of furan rings is 2. The number of nitrogens with zero attached hydrogens (tertiary/aromatic N) is 2. The van der Waals surface area contributed by atoms with Crippen LogP contribution in [0, 0.1) is 6.92 Å². The van der Waals surface area contributed by atoms with E-state index in [0.29, 0.717) is 0 Å². The Balaban J connectivity index is 1.34. The second-order valence-corrected chi connectivity index (χ2v) is 23.7. The van der Waals surface area contributed by atoms with E-state index in [1.807, 2.05) is 0 Å². The number of hydrogen-bond donors (Lipinski definition) is 0. The molecule has 0 unspecified atom stereocenters. The highest BCUT2D eigenvalue weighted by Gasteiger charge is 2.53. The van der Waals surface area contributed by atoms with E-state index in [-0.39, 0.29) is 39.2 Å². The highest BCUT2D eigenvalue weighted by molar-refractivity contribution is 7.00. The maximum atomic E-state index is 7.51. The lowest BCUT2D eigenvalue weighted by Gasteiger charge is -2.44. The summed E-state index contributed by atoms with van der Waals surface area (Å²) in [4.78, 5) is 5.05. The molecule has 0 spiro atoms. The number of rotatable bonds is 2. The molecule has 6 aromatic rings. The monoisotopic (exact) mass is 797 g/mol. The Bertz CT molecular complexity index is 2740. The number of fused-ring (bicyclic) bond motifs is 9. The summed E-state index contributed by atoms with van der Waals surface area (Å²) in [7, 11) is 0. The van der Waals surface area contributed by atoms with Crippen LogP contribution in [-0.2, 0) is 32.5 Å². The zero-order chi connectivity index (χ0) is 42.9. The fourth-order valence-corrected chi connectivity index (χ4v) is 11.3. The van der Waals surface area contributed by atoms with E-state index in [1.165, 1.54) is 72.3 Å². The third-order valence-electron chi connectivity index (χ3n) is 15.2. The van der Waals surface area contributed by atoms with Crippen LogP contribution in [0.15, 0.2) is 81.6 Å². The Morgan fingerprint density at radius 3 is 1.52 bits per heavy atom. The van der Waals surface area contributed by atoms with Crippen molar-refractivity contribution in [3.8, 4) is 0 Å². The van der Waals surface area contributed by atoms with Crippen molar-refractivity contribution < 1.29 is 8.83 Å². The van der Waals surface area contributed by atoms with Crippen LogP contribution in [0.2, 0.25) is 0 Å². The molecule has 0 bridgehead atoms. The summed E-state index contributed by atoms with van der Waals surface area (Å²) in [5.41, 5.74) is 17.4. The molecular weight excluding hydrogens is 731 g/mol. The Morgan fingerprint density at radius 1 is 0.517 bits per heavy atom. The molecular formula is C55H65BN2O2. The van der Waals surface area contributed by atoms with Crippen LogP contribution in [0.3, 0.4) is 0 Å². The van der Waals surface area contributed by atoms with Crippen LogP contribution in [0.5, 0.6) is 0 Å². The van der Waals surface area contributed by atoms with E-state index in [4.69, 9.17) is 8.83 Å². The smallest absolute Gasteiger partial charge is 0.257 e. The van der Waals surface area contributed by atoms with Crippen molar-refractivity contribution in [1.29, 1.82) is 0 Å². The molecule has 310 valence electrons. The summed E-state index contributed by atoms with van der Waals surface area (Å²) in [5, 5.41) is 1.25. The van der Waals surface area contributed by atoms with Crippen molar-refractivity contribution in [2.45, 2.75) is 162 Å². The van der Waals surface area contributed by atoms with Crippen LogP contribution in [0.4, 0.5) is 34.3 Å². The molecule has 4 nitrogen and oxygen atoms in total. The topological polar surface area (TPSA) is 32.8 Å². The number of aryl methyl sites for hydroxylation is 1. The minimum absolute atomic E-state index is 0.000143. The number of anilines is 6. The predicted molar refractivity (Wildman–Crippen MR) is 255 cm³/mol. The van der Waals surface area contributed by atoms with Gasteiger partial charge in [-0.25, -0.2) is 0 Å². The summed E-state index contributed by atoms with van der Waals surface area (Å²) in [6.07, 6.45) is 4.43. The normalized spacial score (nSPS) is 19.4. The van der Waals surface area contributed by atoms with Crippen LogP contribution < -0.4 is 26.2 Å². The van der Waals surface area contributed by atoms with Gasteiger partial charge in [-0.2, -0.15) is 0 Å². The molecule has 0 fully saturated rings. The summed E-state index contributed by atoms with van der Waals surface area (Å²) < 4.78 is 14.7. The molecule has 60 heavy (non-hydrogen) atoms. The first-order chi connectivity index (χ1) is 27.9. The van der Waals surface area contributed by atoms with Gasteiger partial charge >= 0.3 is 0 Å². The molecule has 2 aliphatic carbocycles. The van der Waals surface area contributed by atoms with Gasteiger partial charge in [0.1, 0.15) is 17.1 Å². The van der Waals surface area contributed by atoms with E-state index in [9.17, 15) is 0 Å². The average molecular weight is 797 g/mol. The first-order valence-corrected chi connectivity index (χ1v) is 22.6. The second-order valence-electron chi connectivity index (χ2n) is 23.7. The highest BCUT2D eigenvalue weighted by atomic mass is 16.4. The van der Waals surface area contributed by atoms with E-state index >= 15 is 0 Å². The minimum atomic E-state index is -0.103. The Labute approximate surface area is 359 Å². The Hall–Kier alpha value is -4.64. The van der Waals surface area contributed by atoms with Crippen molar-refractivity contribution in [3.63, 3.8) is 0 Å². The van der Waals surface area contributed by atoms with Gasteiger partial charge in [0.25, 0.3) is 6.71 Å². The minimum Gasteiger partial charge on any atom is -0.460 e. The van der Waals surface area contributed by atoms with Gasteiger partial charge in [0.2, 0.25) is 0 Å². The molecule has 4 aliphatic rings. The van der Waals surface area contributed by atoms with Crippen LogP contribution in [0.25, 0.3) is 11.0 Å². The predicted octanol–water partition coefficient (Wildman–Crippen LogP) is 13.7.